The largest absolute Gasteiger partial charge is 0.495 e. The summed E-state index contributed by atoms with van der Waals surface area (Å²) in [5.41, 5.74) is 3.89. The van der Waals surface area contributed by atoms with Crippen LogP contribution >= 0.6 is 23.1 Å². The molecule has 1 amide bonds. The van der Waals surface area contributed by atoms with E-state index in [9.17, 15) is 4.79 Å². The molecule has 8 heteroatoms. The summed E-state index contributed by atoms with van der Waals surface area (Å²) in [6.45, 7) is 4.02. The minimum Gasteiger partial charge on any atom is -0.495 e. The van der Waals surface area contributed by atoms with Gasteiger partial charge in [-0.05, 0) is 43.2 Å². The van der Waals surface area contributed by atoms with Gasteiger partial charge in [-0.2, -0.15) is 0 Å². The monoisotopic (exact) mass is 400 g/mol. The summed E-state index contributed by atoms with van der Waals surface area (Å²) in [6, 6.07) is 13.5. The van der Waals surface area contributed by atoms with E-state index in [1.807, 2.05) is 56.3 Å². The Kier molecular flexibility index (Phi) is 6.31. The number of thioether (sulfide) groups is 1. The molecule has 27 heavy (non-hydrogen) atoms. The van der Waals surface area contributed by atoms with Crippen molar-refractivity contribution in [3.05, 3.63) is 53.6 Å². The van der Waals surface area contributed by atoms with Gasteiger partial charge in [0.15, 0.2) is 4.34 Å². The van der Waals surface area contributed by atoms with Crippen molar-refractivity contribution in [1.29, 1.82) is 0 Å². The minimum absolute atomic E-state index is 0.0665. The van der Waals surface area contributed by atoms with Crippen LogP contribution in [-0.2, 0) is 4.79 Å². The lowest BCUT2D eigenvalue weighted by molar-refractivity contribution is -0.113. The smallest absolute Gasteiger partial charge is 0.234 e. The van der Waals surface area contributed by atoms with E-state index in [1.54, 1.807) is 7.11 Å². The number of para-hydroxylation sites is 2. The second kappa shape index (κ2) is 8.88. The summed E-state index contributed by atoms with van der Waals surface area (Å²) in [5, 5.41) is 15.0. The first-order chi connectivity index (χ1) is 13.1. The van der Waals surface area contributed by atoms with Gasteiger partial charge < -0.3 is 15.4 Å². The number of aromatic nitrogens is 2. The molecular formula is C19H20N4O2S2. The van der Waals surface area contributed by atoms with Crippen molar-refractivity contribution in [2.24, 2.45) is 0 Å². The van der Waals surface area contributed by atoms with Gasteiger partial charge >= 0.3 is 0 Å². The molecule has 0 aliphatic rings. The maximum Gasteiger partial charge on any atom is 0.234 e. The first-order valence-electron chi connectivity index (χ1n) is 8.29. The van der Waals surface area contributed by atoms with Gasteiger partial charge in [0, 0.05) is 5.69 Å². The molecule has 0 atom stereocenters. The van der Waals surface area contributed by atoms with Crippen molar-refractivity contribution in [2.45, 2.75) is 18.2 Å². The van der Waals surface area contributed by atoms with E-state index in [0.717, 1.165) is 32.6 Å². The lowest BCUT2D eigenvalue weighted by Crippen LogP contribution is -2.15. The molecule has 0 saturated heterocycles. The first-order valence-corrected chi connectivity index (χ1v) is 10.1. The Bertz CT molecular complexity index is 943. The number of carbonyl (C=O) groups excluding carboxylic acids is 1. The standard InChI is InChI=1S/C19H20N4O2S2/c1-12-7-6-9-14(13(12)2)20-17(24)11-26-19-23-22-18(27-19)21-15-8-4-5-10-16(15)25-3/h4-10H,11H2,1-3H3,(H,20,24)(H,21,22). The molecule has 0 unspecified atom stereocenters. The summed E-state index contributed by atoms with van der Waals surface area (Å²) in [7, 11) is 1.62. The van der Waals surface area contributed by atoms with Gasteiger partial charge in [0.25, 0.3) is 0 Å². The lowest BCUT2D eigenvalue weighted by Gasteiger charge is -2.09. The highest BCUT2D eigenvalue weighted by atomic mass is 32.2. The highest BCUT2D eigenvalue weighted by molar-refractivity contribution is 8.01. The van der Waals surface area contributed by atoms with Crippen LogP contribution in [0.3, 0.4) is 0 Å². The molecule has 0 radical (unpaired) electrons. The molecule has 6 nitrogen and oxygen atoms in total. The topological polar surface area (TPSA) is 76.1 Å². The predicted octanol–water partition coefficient (Wildman–Crippen LogP) is 4.64. The minimum atomic E-state index is -0.0665. The van der Waals surface area contributed by atoms with Gasteiger partial charge in [-0.1, -0.05) is 47.4 Å². The predicted molar refractivity (Wildman–Crippen MR) is 111 cm³/mol. The number of hydrogen-bond acceptors (Lipinski definition) is 7. The number of aryl methyl sites for hydroxylation is 1. The third-order valence-electron chi connectivity index (χ3n) is 3.96. The zero-order chi connectivity index (χ0) is 19.2. The number of benzene rings is 2. The van der Waals surface area contributed by atoms with Gasteiger partial charge in [-0.25, -0.2) is 0 Å². The van der Waals surface area contributed by atoms with Gasteiger partial charge in [0.1, 0.15) is 5.75 Å². The summed E-state index contributed by atoms with van der Waals surface area (Å²) >= 11 is 2.76. The molecule has 0 aliphatic carbocycles. The van der Waals surface area contributed by atoms with Crippen LogP contribution in [0.5, 0.6) is 5.75 Å². The molecule has 0 bridgehead atoms. The maximum absolute atomic E-state index is 12.2. The first kappa shape index (κ1) is 19.2. The Morgan fingerprint density at radius 2 is 1.89 bits per heavy atom. The molecule has 0 aliphatic heterocycles. The highest BCUT2D eigenvalue weighted by Crippen LogP contribution is 2.31. The van der Waals surface area contributed by atoms with Crippen LogP contribution in [0, 0.1) is 13.8 Å². The van der Waals surface area contributed by atoms with E-state index in [1.165, 1.54) is 23.1 Å². The fourth-order valence-corrected chi connectivity index (χ4v) is 3.95. The number of anilines is 3. The van der Waals surface area contributed by atoms with Crippen molar-refractivity contribution in [2.75, 3.05) is 23.5 Å². The second-order valence-corrected chi connectivity index (χ2v) is 7.98. The van der Waals surface area contributed by atoms with E-state index in [-0.39, 0.29) is 11.7 Å². The Labute approximate surface area is 166 Å². The number of nitrogens with zero attached hydrogens (tertiary/aromatic N) is 2. The normalized spacial score (nSPS) is 10.5. The van der Waals surface area contributed by atoms with E-state index < -0.39 is 0 Å². The highest BCUT2D eigenvalue weighted by Gasteiger charge is 2.11. The molecule has 0 fully saturated rings. The van der Waals surface area contributed by atoms with Crippen LogP contribution in [0.1, 0.15) is 11.1 Å². The number of hydrogen-bond donors (Lipinski definition) is 2. The lowest BCUT2D eigenvalue weighted by atomic mass is 10.1. The van der Waals surface area contributed by atoms with E-state index in [4.69, 9.17) is 4.74 Å². The number of nitrogens with one attached hydrogen (secondary N) is 2. The molecular weight excluding hydrogens is 380 g/mol. The number of rotatable bonds is 7. The van der Waals surface area contributed by atoms with Crippen molar-refractivity contribution in [3.63, 3.8) is 0 Å². The Morgan fingerprint density at radius 1 is 1.11 bits per heavy atom. The quantitative estimate of drug-likeness (QED) is 0.563. The Morgan fingerprint density at radius 3 is 2.70 bits per heavy atom. The fraction of sp³-hybridized carbons (Fsp3) is 0.211. The molecule has 3 aromatic rings. The second-order valence-electron chi connectivity index (χ2n) is 5.78. The molecule has 1 heterocycles. The third-order valence-corrected chi connectivity index (χ3v) is 5.93. The number of carbonyl (C=O) groups is 1. The molecule has 1 aromatic heterocycles. The average Bonchev–Trinajstić information content (AvgIpc) is 3.12. The van der Waals surface area contributed by atoms with Crippen LogP contribution in [0.15, 0.2) is 46.8 Å². The average molecular weight is 401 g/mol. The van der Waals surface area contributed by atoms with Crippen molar-refractivity contribution in [3.8, 4) is 5.75 Å². The van der Waals surface area contributed by atoms with Gasteiger partial charge in [-0.15, -0.1) is 10.2 Å². The molecule has 3 rings (SSSR count). The Balaban J connectivity index is 1.56. The van der Waals surface area contributed by atoms with Crippen LogP contribution < -0.4 is 15.4 Å². The molecule has 2 N–H and O–H groups in total. The Hall–Kier alpha value is -2.58. The third kappa shape index (κ3) is 4.99. The zero-order valence-electron chi connectivity index (χ0n) is 15.3. The van der Waals surface area contributed by atoms with E-state index in [2.05, 4.69) is 20.8 Å². The van der Waals surface area contributed by atoms with Crippen molar-refractivity contribution < 1.29 is 9.53 Å². The molecule has 2 aromatic carbocycles. The zero-order valence-corrected chi connectivity index (χ0v) is 16.9. The van der Waals surface area contributed by atoms with Crippen LogP contribution in [0.2, 0.25) is 0 Å². The fourth-order valence-electron chi connectivity index (χ4n) is 2.38. The van der Waals surface area contributed by atoms with Crippen molar-refractivity contribution in [1.82, 2.24) is 10.2 Å². The van der Waals surface area contributed by atoms with Gasteiger partial charge in [0.2, 0.25) is 11.0 Å². The maximum atomic E-state index is 12.2. The summed E-state index contributed by atoms with van der Waals surface area (Å²) < 4.78 is 6.04. The van der Waals surface area contributed by atoms with Gasteiger partial charge in [-0.3, -0.25) is 4.79 Å². The molecule has 140 valence electrons. The number of amides is 1. The molecule has 0 saturated carbocycles. The summed E-state index contributed by atoms with van der Waals surface area (Å²) in [6.07, 6.45) is 0. The van der Waals surface area contributed by atoms with E-state index >= 15 is 0 Å². The van der Waals surface area contributed by atoms with E-state index in [0.29, 0.717) is 5.13 Å². The van der Waals surface area contributed by atoms with Crippen molar-refractivity contribution >= 4 is 45.5 Å². The molecule has 0 spiro atoms. The number of ether oxygens (including phenoxy) is 1. The van der Waals surface area contributed by atoms with Crippen LogP contribution in [-0.4, -0.2) is 29.0 Å². The van der Waals surface area contributed by atoms with Crippen LogP contribution in [0.4, 0.5) is 16.5 Å². The van der Waals surface area contributed by atoms with Gasteiger partial charge in [0.05, 0.1) is 18.6 Å². The number of methoxy groups -OCH3 is 1. The van der Waals surface area contributed by atoms with Crippen LogP contribution in [0.25, 0.3) is 0 Å². The summed E-state index contributed by atoms with van der Waals surface area (Å²) in [5.74, 6) is 0.939. The summed E-state index contributed by atoms with van der Waals surface area (Å²) in [4.78, 5) is 12.2. The SMILES string of the molecule is COc1ccccc1Nc1nnc(SCC(=O)Nc2cccc(C)c2C)s1.